The Morgan fingerprint density at radius 3 is 2.88 bits per heavy atom. The zero-order valence-corrected chi connectivity index (χ0v) is 14.9. The molecule has 0 bridgehead atoms. The first kappa shape index (κ1) is 16.8. The number of benzene rings is 1. The van der Waals surface area contributed by atoms with Gasteiger partial charge in [0.2, 0.25) is 0 Å². The van der Waals surface area contributed by atoms with Crippen molar-refractivity contribution in [3.63, 3.8) is 0 Å². The Labute approximate surface area is 146 Å². The third kappa shape index (κ3) is 3.88. The Morgan fingerprint density at radius 2 is 2.08 bits per heavy atom. The van der Waals surface area contributed by atoms with Crippen molar-refractivity contribution in [2.45, 2.75) is 12.8 Å². The van der Waals surface area contributed by atoms with Crippen molar-refractivity contribution in [3.8, 4) is 11.5 Å². The van der Waals surface area contributed by atoms with E-state index < -0.39 is 0 Å². The quantitative estimate of drug-likeness (QED) is 0.903. The fourth-order valence-corrected chi connectivity index (χ4v) is 3.78. The first-order valence-corrected chi connectivity index (χ1v) is 8.86. The van der Waals surface area contributed by atoms with Crippen LogP contribution in [0.5, 0.6) is 11.5 Å². The summed E-state index contributed by atoms with van der Waals surface area (Å²) in [7, 11) is 3.36. The second kappa shape index (κ2) is 7.68. The maximum atomic E-state index is 5.80. The summed E-state index contributed by atoms with van der Waals surface area (Å²) in [5, 5.41) is 0.693. The predicted molar refractivity (Wildman–Crippen MR) is 99.0 cm³/mol. The number of anilines is 1. The van der Waals surface area contributed by atoms with Crippen molar-refractivity contribution in [2.24, 2.45) is 0 Å². The van der Waals surface area contributed by atoms with E-state index >= 15 is 0 Å². The van der Waals surface area contributed by atoms with E-state index in [4.69, 9.17) is 15.2 Å². The molecule has 0 spiro atoms. The van der Waals surface area contributed by atoms with E-state index in [9.17, 15) is 0 Å². The van der Waals surface area contributed by atoms with Crippen molar-refractivity contribution < 1.29 is 9.47 Å². The zero-order valence-electron chi connectivity index (χ0n) is 14.1. The van der Waals surface area contributed by atoms with E-state index in [1.54, 1.807) is 25.6 Å². The van der Waals surface area contributed by atoms with Crippen LogP contribution in [0, 0.1) is 0 Å². The van der Waals surface area contributed by atoms with Gasteiger partial charge in [0, 0.05) is 36.5 Å². The fraction of sp³-hybridized carbons (Fsp3) is 0.389. The first-order chi connectivity index (χ1) is 11.7. The molecule has 1 aliphatic rings. The Balaban J connectivity index is 1.62. The van der Waals surface area contributed by atoms with Gasteiger partial charge < -0.3 is 15.2 Å². The summed E-state index contributed by atoms with van der Waals surface area (Å²) >= 11 is 1.63. The zero-order chi connectivity index (χ0) is 16.9. The fourth-order valence-electron chi connectivity index (χ4n) is 2.91. The highest BCUT2D eigenvalue weighted by Crippen LogP contribution is 2.26. The Hall–Kier alpha value is -2.05. The highest BCUT2D eigenvalue weighted by atomic mass is 32.1. The number of ether oxygens (including phenoxy) is 2. The van der Waals surface area contributed by atoms with Crippen molar-refractivity contribution in [1.82, 2.24) is 9.88 Å². The van der Waals surface area contributed by atoms with Crippen LogP contribution >= 0.6 is 11.3 Å². The Bertz CT molecular complexity index is 702. The maximum Gasteiger partial charge on any atom is 0.180 e. The van der Waals surface area contributed by atoms with Gasteiger partial charge in [-0.1, -0.05) is 12.2 Å². The number of nitrogens with zero attached hydrogens (tertiary/aromatic N) is 2. The second-order valence-corrected chi connectivity index (χ2v) is 6.85. The summed E-state index contributed by atoms with van der Waals surface area (Å²) in [4.78, 5) is 8.22. The molecule has 0 amide bonds. The lowest BCUT2D eigenvalue weighted by atomic mass is 10.1. The number of fused-ring (bicyclic) bond motifs is 1. The normalized spacial score (nSPS) is 15.2. The highest BCUT2D eigenvalue weighted by molar-refractivity contribution is 7.15. The summed E-state index contributed by atoms with van der Waals surface area (Å²) in [5.74, 6) is 1.68. The van der Waals surface area contributed by atoms with E-state index in [2.05, 4.69) is 22.0 Å². The molecule has 2 N–H and O–H groups in total. The number of nitrogen functional groups attached to an aromatic ring is 1. The molecule has 1 aliphatic heterocycles. The molecule has 2 aromatic rings. The Kier molecular flexibility index (Phi) is 5.37. The Morgan fingerprint density at radius 1 is 1.25 bits per heavy atom. The standard InChI is InChI=1S/C18H23N3O2S/c1-22-14-5-6-16(23-2)13(12-14)4-3-9-21-10-7-15-17(8-11-21)24-18(19)20-15/h3-6,12H,7-11H2,1-2H3,(H2,19,20)/b4-3+. The van der Waals surface area contributed by atoms with Gasteiger partial charge in [0.25, 0.3) is 0 Å². The molecule has 1 aromatic heterocycles. The van der Waals surface area contributed by atoms with Gasteiger partial charge >= 0.3 is 0 Å². The molecule has 5 nitrogen and oxygen atoms in total. The number of hydrogen-bond acceptors (Lipinski definition) is 6. The first-order valence-electron chi connectivity index (χ1n) is 8.04. The number of nitrogens with two attached hydrogens (primary N) is 1. The highest BCUT2D eigenvalue weighted by Gasteiger charge is 2.16. The van der Waals surface area contributed by atoms with Crippen LogP contribution in [-0.2, 0) is 12.8 Å². The molecule has 0 unspecified atom stereocenters. The molecule has 0 saturated carbocycles. The molecule has 0 radical (unpaired) electrons. The summed E-state index contributed by atoms with van der Waals surface area (Å²) in [6.45, 7) is 2.95. The minimum absolute atomic E-state index is 0.693. The van der Waals surface area contributed by atoms with Crippen LogP contribution in [0.3, 0.4) is 0 Å². The van der Waals surface area contributed by atoms with E-state index in [1.807, 2.05) is 18.2 Å². The molecular formula is C18H23N3O2S. The van der Waals surface area contributed by atoms with Gasteiger partial charge in [0.1, 0.15) is 11.5 Å². The molecule has 0 fully saturated rings. The molecule has 128 valence electrons. The molecule has 0 aliphatic carbocycles. The van der Waals surface area contributed by atoms with E-state index in [1.165, 1.54) is 10.6 Å². The molecule has 2 heterocycles. The smallest absolute Gasteiger partial charge is 0.180 e. The molecule has 0 atom stereocenters. The average molecular weight is 345 g/mol. The van der Waals surface area contributed by atoms with Crippen LogP contribution in [0.2, 0.25) is 0 Å². The van der Waals surface area contributed by atoms with E-state index in [-0.39, 0.29) is 0 Å². The van der Waals surface area contributed by atoms with Crippen LogP contribution in [0.15, 0.2) is 24.3 Å². The van der Waals surface area contributed by atoms with Crippen molar-refractivity contribution in [1.29, 1.82) is 0 Å². The van der Waals surface area contributed by atoms with Gasteiger partial charge in [-0.3, -0.25) is 4.90 Å². The molecule has 24 heavy (non-hydrogen) atoms. The van der Waals surface area contributed by atoms with Gasteiger partial charge in [-0.2, -0.15) is 0 Å². The second-order valence-electron chi connectivity index (χ2n) is 5.73. The topological polar surface area (TPSA) is 60.6 Å². The van der Waals surface area contributed by atoms with Crippen molar-refractivity contribution >= 4 is 22.5 Å². The van der Waals surface area contributed by atoms with Gasteiger partial charge in [-0.15, -0.1) is 11.3 Å². The number of hydrogen-bond donors (Lipinski definition) is 1. The summed E-state index contributed by atoms with van der Waals surface area (Å²) < 4.78 is 10.7. The number of methoxy groups -OCH3 is 2. The largest absolute Gasteiger partial charge is 0.497 e. The monoisotopic (exact) mass is 345 g/mol. The van der Waals surface area contributed by atoms with Crippen LogP contribution in [-0.4, -0.2) is 43.7 Å². The third-order valence-electron chi connectivity index (χ3n) is 4.21. The van der Waals surface area contributed by atoms with Gasteiger partial charge in [0.05, 0.1) is 19.9 Å². The lowest BCUT2D eigenvalue weighted by Gasteiger charge is -2.17. The van der Waals surface area contributed by atoms with Crippen LogP contribution in [0.4, 0.5) is 5.13 Å². The van der Waals surface area contributed by atoms with Crippen LogP contribution in [0.1, 0.15) is 16.1 Å². The summed E-state index contributed by atoms with van der Waals surface area (Å²) in [6, 6.07) is 5.82. The summed E-state index contributed by atoms with van der Waals surface area (Å²) in [5.41, 5.74) is 8.01. The molecule has 0 saturated heterocycles. The summed E-state index contributed by atoms with van der Waals surface area (Å²) in [6.07, 6.45) is 6.27. The number of aromatic nitrogens is 1. The van der Waals surface area contributed by atoms with Gasteiger partial charge in [-0.25, -0.2) is 4.98 Å². The molecule has 3 rings (SSSR count). The predicted octanol–water partition coefficient (Wildman–Crippen LogP) is 2.86. The maximum absolute atomic E-state index is 5.80. The van der Waals surface area contributed by atoms with Crippen LogP contribution < -0.4 is 15.2 Å². The average Bonchev–Trinajstić information content (AvgIpc) is 2.86. The van der Waals surface area contributed by atoms with E-state index in [0.717, 1.165) is 49.5 Å². The SMILES string of the molecule is COc1ccc(OC)c(/C=C/CN2CCc3nc(N)sc3CC2)c1. The molecule has 1 aromatic carbocycles. The lowest BCUT2D eigenvalue weighted by Crippen LogP contribution is -2.26. The minimum Gasteiger partial charge on any atom is -0.497 e. The van der Waals surface area contributed by atoms with Crippen molar-refractivity contribution in [2.75, 3.05) is 39.6 Å². The van der Waals surface area contributed by atoms with Gasteiger partial charge in [-0.05, 0) is 24.6 Å². The minimum atomic E-state index is 0.693. The number of rotatable bonds is 5. The van der Waals surface area contributed by atoms with Crippen LogP contribution in [0.25, 0.3) is 6.08 Å². The molecular weight excluding hydrogens is 322 g/mol. The number of thiazole rings is 1. The van der Waals surface area contributed by atoms with E-state index in [0.29, 0.717) is 5.13 Å². The molecule has 6 heteroatoms. The third-order valence-corrected chi connectivity index (χ3v) is 5.20. The lowest BCUT2D eigenvalue weighted by molar-refractivity contribution is 0.318. The van der Waals surface area contributed by atoms with Crippen molar-refractivity contribution in [3.05, 3.63) is 40.4 Å². The van der Waals surface area contributed by atoms with Gasteiger partial charge in [0.15, 0.2) is 5.13 Å².